The molecule has 0 amide bonds. The Morgan fingerprint density at radius 1 is 1.40 bits per heavy atom. The van der Waals surface area contributed by atoms with Crippen molar-refractivity contribution >= 4 is 0 Å². The summed E-state index contributed by atoms with van der Waals surface area (Å²) >= 11 is 0. The van der Waals surface area contributed by atoms with Crippen LogP contribution in [-0.4, -0.2) is 11.2 Å². The molecule has 0 rings (SSSR count). The lowest BCUT2D eigenvalue weighted by atomic mass is 9.96. The SMILES string of the molecule is C=C[C@@H](C)[C@H](O)CC(C)C. The summed E-state index contributed by atoms with van der Waals surface area (Å²) in [5.41, 5.74) is 0. The van der Waals surface area contributed by atoms with E-state index in [4.69, 9.17) is 0 Å². The lowest BCUT2D eigenvalue weighted by molar-refractivity contribution is 0.114. The van der Waals surface area contributed by atoms with Crippen LogP contribution in [0.4, 0.5) is 0 Å². The molecule has 1 heteroatoms. The number of aliphatic hydroxyl groups is 1. The molecule has 2 atom stereocenters. The van der Waals surface area contributed by atoms with E-state index in [0.29, 0.717) is 5.92 Å². The molecule has 0 aliphatic rings. The summed E-state index contributed by atoms with van der Waals surface area (Å²) in [5.74, 6) is 0.791. The minimum absolute atomic E-state index is 0.211. The van der Waals surface area contributed by atoms with Crippen LogP contribution in [0.2, 0.25) is 0 Å². The van der Waals surface area contributed by atoms with E-state index in [1.807, 2.05) is 6.92 Å². The van der Waals surface area contributed by atoms with Crippen molar-refractivity contribution in [2.24, 2.45) is 11.8 Å². The monoisotopic (exact) mass is 142 g/mol. The van der Waals surface area contributed by atoms with E-state index < -0.39 is 0 Å². The van der Waals surface area contributed by atoms with E-state index in [0.717, 1.165) is 6.42 Å². The van der Waals surface area contributed by atoms with Crippen LogP contribution in [-0.2, 0) is 0 Å². The maximum absolute atomic E-state index is 9.42. The molecule has 0 aliphatic heterocycles. The highest BCUT2D eigenvalue weighted by Gasteiger charge is 2.11. The summed E-state index contributed by atoms with van der Waals surface area (Å²) < 4.78 is 0. The molecule has 0 fully saturated rings. The van der Waals surface area contributed by atoms with Gasteiger partial charge in [-0.25, -0.2) is 0 Å². The van der Waals surface area contributed by atoms with Gasteiger partial charge in [0.1, 0.15) is 0 Å². The van der Waals surface area contributed by atoms with Gasteiger partial charge in [0.15, 0.2) is 0 Å². The Hall–Kier alpha value is -0.300. The molecule has 0 aromatic carbocycles. The van der Waals surface area contributed by atoms with E-state index in [1.54, 1.807) is 6.08 Å². The number of aliphatic hydroxyl groups excluding tert-OH is 1. The van der Waals surface area contributed by atoms with Gasteiger partial charge in [-0.05, 0) is 18.3 Å². The third kappa shape index (κ3) is 3.67. The summed E-state index contributed by atoms with van der Waals surface area (Å²) in [7, 11) is 0. The zero-order valence-electron chi connectivity index (χ0n) is 7.17. The quantitative estimate of drug-likeness (QED) is 0.597. The highest BCUT2D eigenvalue weighted by molar-refractivity contribution is 4.81. The third-order valence-electron chi connectivity index (χ3n) is 1.69. The zero-order chi connectivity index (χ0) is 8.15. The molecule has 0 unspecified atom stereocenters. The second-order valence-corrected chi connectivity index (χ2v) is 3.29. The van der Waals surface area contributed by atoms with Crippen LogP contribution in [0, 0.1) is 11.8 Å². The van der Waals surface area contributed by atoms with Gasteiger partial charge in [0, 0.05) is 0 Å². The first-order chi connectivity index (χ1) is 4.57. The lowest BCUT2D eigenvalue weighted by Crippen LogP contribution is -2.17. The van der Waals surface area contributed by atoms with Gasteiger partial charge in [0.05, 0.1) is 6.10 Å². The molecule has 1 nitrogen and oxygen atoms in total. The van der Waals surface area contributed by atoms with Crippen molar-refractivity contribution in [3.05, 3.63) is 12.7 Å². The van der Waals surface area contributed by atoms with Crippen molar-refractivity contribution in [2.45, 2.75) is 33.3 Å². The summed E-state index contributed by atoms with van der Waals surface area (Å²) in [6, 6.07) is 0. The van der Waals surface area contributed by atoms with E-state index in [1.165, 1.54) is 0 Å². The van der Waals surface area contributed by atoms with Crippen LogP contribution in [0.5, 0.6) is 0 Å². The third-order valence-corrected chi connectivity index (χ3v) is 1.69. The van der Waals surface area contributed by atoms with E-state index >= 15 is 0 Å². The Balaban J connectivity index is 3.60. The van der Waals surface area contributed by atoms with Crippen LogP contribution >= 0.6 is 0 Å². The topological polar surface area (TPSA) is 20.2 Å². The Kier molecular flexibility index (Phi) is 4.37. The average molecular weight is 142 g/mol. The molecule has 0 aromatic heterocycles. The van der Waals surface area contributed by atoms with Gasteiger partial charge < -0.3 is 5.11 Å². The van der Waals surface area contributed by atoms with Crippen LogP contribution in [0.15, 0.2) is 12.7 Å². The molecule has 60 valence electrons. The Labute approximate surface area is 63.8 Å². The van der Waals surface area contributed by atoms with Gasteiger partial charge in [-0.3, -0.25) is 0 Å². The molecule has 0 spiro atoms. The fourth-order valence-corrected chi connectivity index (χ4v) is 0.855. The second kappa shape index (κ2) is 4.51. The zero-order valence-corrected chi connectivity index (χ0v) is 7.17. The number of hydrogen-bond acceptors (Lipinski definition) is 1. The fourth-order valence-electron chi connectivity index (χ4n) is 0.855. The van der Waals surface area contributed by atoms with E-state index in [2.05, 4.69) is 20.4 Å². The number of rotatable bonds is 4. The molecule has 0 radical (unpaired) electrons. The summed E-state index contributed by atoms with van der Waals surface area (Å²) in [6.45, 7) is 9.84. The minimum atomic E-state index is -0.211. The molecule has 0 aromatic rings. The van der Waals surface area contributed by atoms with Crippen molar-refractivity contribution in [3.63, 3.8) is 0 Å². The standard InChI is InChI=1S/C9H18O/c1-5-8(4)9(10)6-7(2)3/h5,7-10H,1,6H2,2-4H3/t8-,9-/m1/s1. The van der Waals surface area contributed by atoms with Gasteiger partial charge in [0.2, 0.25) is 0 Å². The van der Waals surface area contributed by atoms with Crippen LogP contribution < -0.4 is 0 Å². The van der Waals surface area contributed by atoms with E-state index in [9.17, 15) is 5.11 Å². The maximum atomic E-state index is 9.42. The summed E-state index contributed by atoms with van der Waals surface area (Å²) in [4.78, 5) is 0. The van der Waals surface area contributed by atoms with Crippen LogP contribution in [0.3, 0.4) is 0 Å². The lowest BCUT2D eigenvalue weighted by Gasteiger charge is -2.16. The second-order valence-electron chi connectivity index (χ2n) is 3.29. The highest BCUT2D eigenvalue weighted by atomic mass is 16.3. The normalized spacial score (nSPS) is 16.9. The minimum Gasteiger partial charge on any atom is -0.393 e. The molecule has 0 saturated carbocycles. The fraction of sp³-hybridized carbons (Fsp3) is 0.778. The average Bonchev–Trinajstić information content (AvgIpc) is 1.85. The Bertz CT molecular complexity index is 96.9. The first kappa shape index (κ1) is 9.70. The molecule has 0 aliphatic carbocycles. The van der Waals surface area contributed by atoms with Gasteiger partial charge >= 0.3 is 0 Å². The van der Waals surface area contributed by atoms with Crippen LogP contribution in [0.25, 0.3) is 0 Å². The summed E-state index contributed by atoms with van der Waals surface area (Å²) in [5, 5.41) is 9.42. The molecule has 1 N–H and O–H groups in total. The first-order valence-corrected chi connectivity index (χ1v) is 3.88. The van der Waals surface area contributed by atoms with Gasteiger partial charge in [-0.2, -0.15) is 0 Å². The van der Waals surface area contributed by atoms with Gasteiger partial charge in [0.25, 0.3) is 0 Å². The van der Waals surface area contributed by atoms with Crippen LogP contribution in [0.1, 0.15) is 27.2 Å². The Morgan fingerprint density at radius 2 is 1.90 bits per heavy atom. The van der Waals surface area contributed by atoms with Crippen molar-refractivity contribution < 1.29 is 5.11 Å². The van der Waals surface area contributed by atoms with Gasteiger partial charge in [-0.1, -0.05) is 26.8 Å². The molecule has 0 bridgehead atoms. The molecular formula is C9H18O. The smallest absolute Gasteiger partial charge is 0.0602 e. The van der Waals surface area contributed by atoms with Crippen molar-refractivity contribution in [1.29, 1.82) is 0 Å². The van der Waals surface area contributed by atoms with Crippen molar-refractivity contribution in [1.82, 2.24) is 0 Å². The number of hydrogen-bond donors (Lipinski definition) is 1. The molecule has 0 heterocycles. The van der Waals surface area contributed by atoms with E-state index in [-0.39, 0.29) is 12.0 Å². The largest absolute Gasteiger partial charge is 0.393 e. The van der Waals surface area contributed by atoms with Crippen molar-refractivity contribution in [2.75, 3.05) is 0 Å². The van der Waals surface area contributed by atoms with Crippen molar-refractivity contribution in [3.8, 4) is 0 Å². The predicted molar refractivity (Wildman–Crippen MR) is 44.8 cm³/mol. The first-order valence-electron chi connectivity index (χ1n) is 3.88. The van der Waals surface area contributed by atoms with Gasteiger partial charge in [-0.15, -0.1) is 6.58 Å². The highest BCUT2D eigenvalue weighted by Crippen LogP contribution is 2.12. The Morgan fingerprint density at radius 3 is 2.20 bits per heavy atom. The maximum Gasteiger partial charge on any atom is 0.0602 e. The molecular weight excluding hydrogens is 124 g/mol. The predicted octanol–water partition coefficient (Wildman–Crippen LogP) is 2.22. The molecule has 0 saturated heterocycles. The summed E-state index contributed by atoms with van der Waals surface area (Å²) in [6.07, 6.45) is 2.46. The molecule has 10 heavy (non-hydrogen) atoms.